The van der Waals surface area contributed by atoms with Gasteiger partial charge in [-0.25, -0.2) is 0 Å². The summed E-state index contributed by atoms with van der Waals surface area (Å²) in [6.07, 6.45) is 6.26. The molecule has 0 aromatic heterocycles. The predicted octanol–water partition coefficient (Wildman–Crippen LogP) is 2.22. The van der Waals surface area contributed by atoms with Crippen LogP contribution in [0.25, 0.3) is 0 Å². The van der Waals surface area contributed by atoms with Gasteiger partial charge in [0.05, 0.1) is 12.7 Å². The summed E-state index contributed by atoms with van der Waals surface area (Å²) >= 11 is 0. The van der Waals surface area contributed by atoms with Gasteiger partial charge in [-0.1, -0.05) is 6.08 Å². The monoisotopic (exact) mass is 263 g/mol. The van der Waals surface area contributed by atoms with Gasteiger partial charge >= 0.3 is 0 Å². The van der Waals surface area contributed by atoms with Gasteiger partial charge in [-0.3, -0.25) is 4.79 Å². The van der Waals surface area contributed by atoms with Crippen LogP contribution in [0.15, 0.2) is 23.5 Å². The molecule has 0 aliphatic carbocycles. The molecule has 4 nitrogen and oxygen atoms in total. The van der Waals surface area contributed by atoms with Crippen LogP contribution in [0.5, 0.6) is 0 Å². The molecule has 0 aromatic carbocycles. The SMILES string of the molecule is CC(=O)C1=C2CCCN2C=C[C@H]1[C@H]1COC(C)(C)O1. The Balaban J connectivity index is 1.91. The molecule has 104 valence electrons. The Bertz CT molecular complexity index is 464. The molecule has 3 rings (SSSR count). The summed E-state index contributed by atoms with van der Waals surface area (Å²) < 4.78 is 11.6. The number of ether oxygens (including phenoxy) is 2. The van der Waals surface area contributed by atoms with Crippen LogP contribution in [-0.4, -0.2) is 35.7 Å². The number of carbonyl (C=O) groups is 1. The highest BCUT2D eigenvalue weighted by molar-refractivity contribution is 5.95. The highest BCUT2D eigenvalue weighted by atomic mass is 16.7. The molecule has 3 heterocycles. The molecular formula is C15H21NO3. The minimum absolute atomic E-state index is 0.0311. The van der Waals surface area contributed by atoms with Gasteiger partial charge in [-0.15, -0.1) is 0 Å². The van der Waals surface area contributed by atoms with Crippen molar-refractivity contribution in [3.8, 4) is 0 Å². The van der Waals surface area contributed by atoms with Gasteiger partial charge in [-0.05, 0) is 33.6 Å². The maximum absolute atomic E-state index is 12.1. The van der Waals surface area contributed by atoms with Crippen LogP contribution in [0, 0.1) is 5.92 Å². The smallest absolute Gasteiger partial charge is 0.163 e. The van der Waals surface area contributed by atoms with Crippen LogP contribution < -0.4 is 0 Å². The van der Waals surface area contributed by atoms with Gasteiger partial charge in [0, 0.05) is 29.9 Å². The quantitative estimate of drug-likeness (QED) is 0.765. The summed E-state index contributed by atoms with van der Waals surface area (Å²) in [6, 6.07) is 0. The largest absolute Gasteiger partial charge is 0.351 e. The lowest BCUT2D eigenvalue weighted by atomic mass is 9.87. The van der Waals surface area contributed by atoms with Crippen LogP contribution in [0.2, 0.25) is 0 Å². The molecule has 2 saturated heterocycles. The second-order valence-electron chi connectivity index (χ2n) is 5.95. The van der Waals surface area contributed by atoms with Crippen LogP contribution in [-0.2, 0) is 14.3 Å². The lowest BCUT2D eigenvalue weighted by molar-refractivity contribution is -0.142. The van der Waals surface area contributed by atoms with Gasteiger partial charge in [0.25, 0.3) is 0 Å². The molecule has 0 bridgehead atoms. The number of carbonyl (C=O) groups excluding carboxylic acids is 1. The van der Waals surface area contributed by atoms with E-state index in [1.54, 1.807) is 6.92 Å². The number of nitrogens with zero attached hydrogens (tertiary/aromatic N) is 1. The number of allylic oxidation sites excluding steroid dienone is 1. The molecule has 0 spiro atoms. The van der Waals surface area contributed by atoms with Gasteiger partial charge in [0.15, 0.2) is 11.6 Å². The van der Waals surface area contributed by atoms with Crippen molar-refractivity contribution in [3.63, 3.8) is 0 Å². The number of hydrogen-bond donors (Lipinski definition) is 0. The van der Waals surface area contributed by atoms with Gasteiger partial charge in [0.1, 0.15) is 0 Å². The zero-order valence-corrected chi connectivity index (χ0v) is 11.8. The zero-order chi connectivity index (χ0) is 13.6. The topological polar surface area (TPSA) is 38.8 Å². The Hall–Kier alpha value is -1.13. The van der Waals surface area contributed by atoms with Crippen molar-refractivity contribution in [2.24, 2.45) is 5.92 Å². The summed E-state index contributed by atoms with van der Waals surface area (Å²) in [5.74, 6) is -0.356. The van der Waals surface area contributed by atoms with Crippen molar-refractivity contribution < 1.29 is 14.3 Å². The standard InChI is InChI=1S/C15H21NO3/c1-10(17)14-11(13-9-18-15(2,3)19-13)6-8-16-7-4-5-12(14)16/h6,8,11,13H,4-5,7,9H2,1-3H3/t11-,13+/m0/s1. The summed E-state index contributed by atoms with van der Waals surface area (Å²) in [7, 11) is 0. The van der Waals surface area contributed by atoms with E-state index in [9.17, 15) is 4.79 Å². The molecular weight excluding hydrogens is 242 g/mol. The minimum atomic E-state index is -0.544. The highest BCUT2D eigenvalue weighted by Gasteiger charge is 2.41. The summed E-state index contributed by atoms with van der Waals surface area (Å²) in [6.45, 7) is 7.06. The normalized spacial score (nSPS) is 32.9. The maximum Gasteiger partial charge on any atom is 0.163 e. The van der Waals surface area contributed by atoms with Crippen molar-refractivity contribution in [3.05, 3.63) is 23.5 Å². The predicted molar refractivity (Wildman–Crippen MR) is 71.2 cm³/mol. The Morgan fingerprint density at radius 1 is 1.47 bits per heavy atom. The average molecular weight is 263 g/mol. The molecule has 2 atom stereocenters. The third kappa shape index (κ3) is 2.23. The fourth-order valence-electron chi connectivity index (χ4n) is 3.27. The first-order valence-corrected chi connectivity index (χ1v) is 6.99. The fraction of sp³-hybridized carbons (Fsp3) is 0.667. The zero-order valence-electron chi connectivity index (χ0n) is 11.8. The van der Waals surface area contributed by atoms with Crippen molar-refractivity contribution in [2.45, 2.75) is 45.5 Å². The number of ketones is 1. The summed E-state index contributed by atoms with van der Waals surface area (Å²) in [4.78, 5) is 14.3. The third-order valence-electron chi connectivity index (χ3n) is 4.09. The molecule has 0 radical (unpaired) electrons. The molecule has 0 unspecified atom stereocenters. The van der Waals surface area contributed by atoms with Crippen LogP contribution in [0.3, 0.4) is 0 Å². The van der Waals surface area contributed by atoms with Gasteiger partial charge in [-0.2, -0.15) is 0 Å². The van der Waals surface area contributed by atoms with Crippen molar-refractivity contribution in [1.82, 2.24) is 4.90 Å². The van der Waals surface area contributed by atoms with E-state index in [-0.39, 0.29) is 17.8 Å². The molecule has 3 aliphatic heterocycles. The van der Waals surface area contributed by atoms with Gasteiger partial charge < -0.3 is 14.4 Å². The second-order valence-corrected chi connectivity index (χ2v) is 5.95. The first-order valence-electron chi connectivity index (χ1n) is 6.99. The van der Waals surface area contributed by atoms with E-state index in [2.05, 4.69) is 17.2 Å². The molecule has 0 N–H and O–H groups in total. The Labute approximate surface area is 114 Å². The van der Waals surface area contributed by atoms with Crippen LogP contribution in [0.1, 0.15) is 33.6 Å². The Morgan fingerprint density at radius 3 is 2.89 bits per heavy atom. The molecule has 19 heavy (non-hydrogen) atoms. The Kier molecular flexibility index (Phi) is 3.02. The first kappa shape index (κ1) is 12.9. The fourth-order valence-corrected chi connectivity index (χ4v) is 3.27. The number of Topliss-reactive ketones (excluding diaryl/α,β-unsaturated/α-hetero) is 1. The van der Waals surface area contributed by atoms with E-state index in [1.165, 1.54) is 5.70 Å². The van der Waals surface area contributed by atoms with E-state index in [1.807, 2.05) is 13.8 Å². The molecule has 0 aromatic rings. The van der Waals surface area contributed by atoms with Crippen molar-refractivity contribution in [2.75, 3.05) is 13.2 Å². The van der Waals surface area contributed by atoms with E-state index >= 15 is 0 Å². The van der Waals surface area contributed by atoms with E-state index in [4.69, 9.17) is 9.47 Å². The van der Waals surface area contributed by atoms with Gasteiger partial charge in [0.2, 0.25) is 0 Å². The number of rotatable bonds is 2. The highest BCUT2D eigenvalue weighted by Crippen LogP contribution is 2.38. The summed E-state index contributed by atoms with van der Waals surface area (Å²) in [5.41, 5.74) is 2.11. The van der Waals surface area contributed by atoms with E-state index in [0.29, 0.717) is 6.61 Å². The van der Waals surface area contributed by atoms with Crippen molar-refractivity contribution >= 4 is 5.78 Å². The number of fused-ring (bicyclic) bond motifs is 1. The maximum atomic E-state index is 12.1. The number of hydrogen-bond acceptors (Lipinski definition) is 4. The van der Waals surface area contributed by atoms with E-state index < -0.39 is 5.79 Å². The molecule has 0 amide bonds. The van der Waals surface area contributed by atoms with Crippen molar-refractivity contribution in [1.29, 1.82) is 0 Å². The Morgan fingerprint density at radius 2 is 2.26 bits per heavy atom. The van der Waals surface area contributed by atoms with Crippen LogP contribution in [0.4, 0.5) is 0 Å². The minimum Gasteiger partial charge on any atom is -0.351 e. The first-order chi connectivity index (χ1) is 8.98. The second kappa shape index (κ2) is 4.46. The molecule has 4 heteroatoms. The molecule has 0 saturated carbocycles. The third-order valence-corrected chi connectivity index (χ3v) is 4.09. The lowest BCUT2D eigenvalue weighted by Crippen LogP contribution is -2.33. The lowest BCUT2D eigenvalue weighted by Gasteiger charge is -2.31. The summed E-state index contributed by atoms with van der Waals surface area (Å²) in [5, 5.41) is 0. The van der Waals surface area contributed by atoms with Crippen LogP contribution >= 0.6 is 0 Å². The molecule has 2 fully saturated rings. The van der Waals surface area contributed by atoms with E-state index in [0.717, 1.165) is 25.0 Å². The average Bonchev–Trinajstić information content (AvgIpc) is 2.93. The molecule has 3 aliphatic rings.